The average Bonchev–Trinajstić information content (AvgIpc) is 3.22. The first-order valence-corrected chi connectivity index (χ1v) is 7.01. The number of urea groups is 1. The molecule has 0 bridgehead atoms. The number of nitrogens with one attached hydrogen (secondary N) is 1. The van der Waals surface area contributed by atoms with Crippen molar-refractivity contribution in [1.29, 1.82) is 0 Å². The van der Waals surface area contributed by atoms with E-state index in [4.69, 9.17) is 9.84 Å². The van der Waals surface area contributed by atoms with Crippen molar-refractivity contribution in [1.82, 2.24) is 10.2 Å². The average molecular weight is 270 g/mol. The summed E-state index contributed by atoms with van der Waals surface area (Å²) in [6.45, 7) is 2.09. The second kappa shape index (κ2) is 6.75. The Balaban J connectivity index is 1.59. The molecule has 2 rings (SSSR count). The number of rotatable bonds is 9. The zero-order valence-corrected chi connectivity index (χ0v) is 11.1. The molecule has 2 amide bonds. The van der Waals surface area contributed by atoms with Crippen LogP contribution in [0.4, 0.5) is 4.79 Å². The lowest BCUT2D eigenvalue weighted by Gasteiger charge is -2.22. The zero-order chi connectivity index (χ0) is 13.7. The van der Waals surface area contributed by atoms with Gasteiger partial charge in [-0.2, -0.15) is 0 Å². The van der Waals surface area contributed by atoms with E-state index >= 15 is 0 Å². The van der Waals surface area contributed by atoms with Gasteiger partial charge in [-0.3, -0.25) is 4.79 Å². The van der Waals surface area contributed by atoms with Crippen molar-refractivity contribution >= 4 is 12.0 Å². The van der Waals surface area contributed by atoms with Crippen LogP contribution in [0.3, 0.4) is 0 Å². The van der Waals surface area contributed by atoms with E-state index in [0.29, 0.717) is 13.2 Å². The van der Waals surface area contributed by atoms with Gasteiger partial charge in [0.15, 0.2) is 0 Å². The second-order valence-corrected chi connectivity index (χ2v) is 5.32. The molecule has 0 aromatic heterocycles. The Bertz CT molecular complexity index is 327. The molecule has 0 spiro atoms. The minimum absolute atomic E-state index is 0.00208. The molecule has 0 unspecified atom stereocenters. The van der Waals surface area contributed by atoms with E-state index in [2.05, 4.69) is 5.32 Å². The highest BCUT2D eigenvalue weighted by Gasteiger charge is 2.32. The normalized spacial score (nSPS) is 18.1. The summed E-state index contributed by atoms with van der Waals surface area (Å²) in [5.41, 5.74) is 0. The Labute approximate surface area is 113 Å². The van der Waals surface area contributed by atoms with Gasteiger partial charge in [0, 0.05) is 25.7 Å². The molecule has 0 heterocycles. The van der Waals surface area contributed by atoms with Crippen LogP contribution in [0, 0.1) is 5.92 Å². The number of nitrogens with zero attached hydrogens (tertiary/aromatic N) is 1. The Hall–Kier alpha value is -1.30. The van der Waals surface area contributed by atoms with Crippen molar-refractivity contribution in [3.8, 4) is 0 Å². The molecule has 0 atom stereocenters. The van der Waals surface area contributed by atoms with Crippen LogP contribution in [0.1, 0.15) is 32.1 Å². The van der Waals surface area contributed by atoms with Crippen LogP contribution in [0.2, 0.25) is 0 Å². The summed E-state index contributed by atoms with van der Waals surface area (Å²) >= 11 is 0. The van der Waals surface area contributed by atoms with E-state index in [1.165, 1.54) is 12.8 Å². The van der Waals surface area contributed by atoms with Gasteiger partial charge < -0.3 is 20.1 Å². The van der Waals surface area contributed by atoms with Gasteiger partial charge in [0.1, 0.15) is 0 Å². The van der Waals surface area contributed by atoms with Crippen molar-refractivity contribution < 1.29 is 19.4 Å². The van der Waals surface area contributed by atoms with E-state index in [9.17, 15) is 9.59 Å². The highest BCUT2D eigenvalue weighted by molar-refractivity contribution is 5.76. The third kappa shape index (κ3) is 5.46. The molecule has 0 aliphatic heterocycles. The smallest absolute Gasteiger partial charge is 0.317 e. The first-order valence-electron chi connectivity index (χ1n) is 7.01. The van der Waals surface area contributed by atoms with E-state index in [0.717, 1.165) is 25.4 Å². The molecule has 0 saturated heterocycles. The number of carboxylic acids is 1. The van der Waals surface area contributed by atoms with Gasteiger partial charge >= 0.3 is 12.0 Å². The van der Waals surface area contributed by atoms with Crippen molar-refractivity contribution in [3.05, 3.63) is 0 Å². The molecule has 2 aliphatic rings. The molecule has 0 radical (unpaired) electrons. The SMILES string of the molecule is O=C(O)CCN(C(=O)NCCOCC1CC1)C1CC1. The summed E-state index contributed by atoms with van der Waals surface area (Å²) in [6.07, 6.45) is 4.48. The lowest BCUT2D eigenvalue weighted by molar-refractivity contribution is -0.137. The van der Waals surface area contributed by atoms with E-state index in [1.54, 1.807) is 4.90 Å². The fraction of sp³-hybridized carbons (Fsp3) is 0.846. The van der Waals surface area contributed by atoms with Crippen LogP contribution in [-0.4, -0.2) is 54.4 Å². The second-order valence-electron chi connectivity index (χ2n) is 5.32. The van der Waals surface area contributed by atoms with E-state index in [-0.39, 0.29) is 25.0 Å². The fourth-order valence-electron chi connectivity index (χ4n) is 1.92. The van der Waals surface area contributed by atoms with Crippen LogP contribution in [-0.2, 0) is 9.53 Å². The number of amides is 2. The molecular weight excluding hydrogens is 248 g/mol. The monoisotopic (exact) mass is 270 g/mol. The minimum atomic E-state index is -0.869. The summed E-state index contributed by atoms with van der Waals surface area (Å²) in [6, 6.07) is 0.0607. The standard InChI is InChI=1S/C13H22N2O4/c16-12(17)5-7-15(11-3-4-11)13(18)14-6-8-19-9-10-1-2-10/h10-11H,1-9H2,(H,14,18)(H,16,17). The maximum Gasteiger partial charge on any atom is 0.317 e. The predicted molar refractivity (Wildman–Crippen MR) is 68.9 cm³/mol. The van der Waals surface area contributed by atoms with Gasteiger partial charge in [-0.1, -0.05) is 0 Å². The molecule has 0 aromatic carbocycles. The maximum atomic E-state index is 11.9. The lowest BCUT2D eigenvalue weighted by atomic mass is 10.4. The topological polar surface area (TPSA) is 78.9 Å². The van der Waals surface area contributed by atoms with Crippen LogP contribution in [0.15, 0.2) is 0 Å². The maximum absolute atomic E-state index is 11.9. The molecule has 2 fully saturated rings. The van der Waals surface area contributed by atoms with Gasteiger partial charge in [0.2, 0.25) is 0 Å². The number of carbonyl (C=O) groups excluding carboxylic acids is 1. The Morgan fingerprint density at radius 3 is 2.58 bits per heavy atom. The molecular formula is C13H22N2O4. The molecule has 2 saturated carbocycles. The number of ether oxygens (including phenoxy) is 1. The summed E-state index contributed by atoms with van der Waals surface area (Å²) in [5.74, 6) is -0.138. The van der Waals surface area contributed by atoms with Gasteiger partial charge in [-0.05, 0) is 31.6 Å². The predicted octanol–water partition coefficient (Wildman–Crippen LogP) is 1.06. The van der Waals surface area contributed by atoms with Gasteiger partial charge in [0.25, 0.3) is 0 Å². The number of carboxylic acid groups (broad SMARTS) is 1. The summed E-state index contributed by atoms with van der Waals surface area (Å²) < 4.78 is 5.43. The number of hydrogen-bond donors (Lipinski definition) is 2. The molecule has 6 heteroatoms. The molecule has 108 valence electrons. The number of hydrogen-bond acceptors (Lipinski definition) is 3. The first kappa shape index (κ1) is 14.1. The summed E-state index contributed by atoms with van der Waals surface area (Å²) in [7, 11) is 0. The summed E-state index contributed by atoms with van der Waals surface area (Å²) in [5, 5.41) is 11.5. The van der Waals surface area contributed by atoms with Crippen molar-refractivity contribution in [2.75, 3.05) is 26.3 Å². The molecule has 0 aromatic rings. The van der Waals surface area contributed by atoms with Crippen molar-refractivity contribution in [2.45, 2.75) is 38.1 Å². The number of aliphatic carboxylic acids is 1. The van der Waals surface area contributed by atoms with Crippen LogP contribution < -0.4 is 5.32 Å². The lowest BCUT2D eigenvalue weighted by Crippen LogP contribution is -2.43. The molecule has 6 nitrogen and oxygen atoms in total. The largest absolute Gasteiger partial charge is 0.481 e. The van der Waals surface area contributed by atoms with Crippen molar-refractivity contribution in [2.24, 2.45) is 5.92 Å². The minimum Gasteiger partial charge on any atom is -0.481 e. The fourth-order valence-corrected chi connectivity index (χ4v) is 1.92. The van der Waals surface area contributed by atoms with Gasteiger partial charge in [-0.15, -0.1) is 0 Å². The van der Waals surface area contributed by atoms with E-state index in [1.807, 2.05) is 0 Å². The Kier molecular flexibility index (Phi) is 5.01. The molecule has 2 N–H and O–H groups in total. The van der Waals surface area contributed by atoms with Gasteiger partial charge in [-0.25, -0.2) is 4.79 Å². The van der Waals surface area contributed by atoms with Crippen LogP contribution in [0.5, 0.6) is 0 Å². The molecule has 2 aliphatic carbocycles. The molecule has 19 heavy (non-hydrogen) atoms. The van der Waals surface area contributed by atoms with Crippen molar-refractivity contribution in [3.63, 3.8) is 0 Å². The third-order valence-electron chi connectivity index (χ3n) is 3.39. The van der Waals surface area contributed by atoms with Gasteiger partial charge in [0.05, 0.1) is 13.0 Å². The Morgan fingerprint density at radius 1 is 1.26 bits per heavy atom. The number of carbonyl (C=O) groups is 2. The first-order chi connectivity index (χ1) is 9.16. The Morgan fingerprint density at radius 2 is 2.00 bits per heavy atom. The zero-order valence-electron chi connectivity index (χ0n) is 11.1. The van der Waals surface area contributed by atoms with Crippen LogP contribution in [0.25, 0.3) is 0 Å². The summed E-state index contributed by atoms with van der Waals surface area (Å²) in [4.78, 5) is 24.1. The highest BCUT2D eigenvalue weighted by Crippen LogP contribution is 2.28. The third-order valence-corrected chi connectivity index (χ3v) is 3.39. The highest BCUT2D eigenvalue weighted by atomic mass is 16.5. The van der Waals surface area contributed by atoms with Crippen LogP contribution >= 0.6 is 0 Å². The van der Waals surface area contributed by atoms with E-state index < -0.39 is 5.97 Å². The quantitative estimate of drug-likeness (QED) is 0.614.